The zero-order chi connectivity index (χ0) is 22.2. The van der Waals surface area contributed by atoms with Crippen LogP contribution < -0.4 is 10.9 Å². The maximum atomic E-state index is 12.9. The van der Waals surface area contributed by atoms with Gasteiger partial charge in [0, 0.05) is 11.9 Å². The number of carbonyl (C=O) groups excluding carboxylic acids is 2. The molecule has 3 aromatic rings. The molecule has 0 radical (unpaired) electrons. The average Bonchev–Trinajstić information content (AvgIpc) is 3.18. The van der Waals surface area contributed by atoms with E-state index in [-0.39, 0.29) is 29.6 Å². The predicted octanol–water partition coefficient (Wildman–Crippen LogP) is 3.49. The van der Waals surface area contributed by atoms with Gasteiger partial charge in [0.2, 0.25) is 5.91 Å². The molecule has 0 aliphatic carbocycles. The lowest BCUT2D eigenvalue weighted by molar-refractivity contribution is -0.142. The Morgan fingerprint density at radius 3 is 2.81 bits per heavy atom. The molecule has 0 unspecified atom stereocenters. The van der Waals surface area contributed by atoms with E-state index in [1.807, 2.05) is 12.1 Å². The topological polar surface area (TPSA) is 103 Å². The number of anilines is 1. The second kappa shape index (κ2) is 11.1. The molecule has 1 aromatic carbocycles. The molecule has 0 aliphatic heterocycles. The second-order valence-corrected chi connectivity index (χ2v) is 8.49. The van der Waals surface area contributed by atoms with Crippen molar-refractivity contribution >= 4 is 51.0 Å². The van der Waals surface area contributed by atoms with E-state index >= 15 is 0 Å². The van der Waals surface area contributed by atoms with Gasteiger partial charge in [-0.15, -0.1) is 11.3 Å². The number of ether oxygens (including phenoxy) is 1. The van der Waals surface area contributed by atoms with Crippen molar-refractivity contribution in [1.82, 2.24) is 14.5 Å². The SMILES string of the molecule is CCCCn1c(SCC(=O)Nc2nc(CC(=O)OCC)cs2)nc2ccccc2c1=O. The molecule has 0 fully saturated rings. The molecule has 1 amide bonds. The van der Waals surface area contributed by atoms with Crippen LogP contribution in [0.1, 0.15) is 32.4 Å². The fourth-order valence-corrected chi connectivity index (χ4v) is 4.41. The molecule has 2 heterocycles. The van der Waals surface area contributed by atoms with Gasteiger partial charge in [-0.05, 0) is 25.5 Å². The lowest BCUT2D eigenvalue weighted by Crippen LogP contribution is -2.24. The highest BCUT2D eigenvalue weighted by atomic mass is 32.2. The molecule has 10 heteroatoms. The predicted molar refractivity (Wildman–Crippen MR) is 123 cm³/mol. The number of hydrogen-bond acceptors (Lipinski definition) is 8. The third kappa shape index (κ3) is 6.14. The monoisotopic (exact) mass is 460 g/mol. The fourth-order valence-electron chi connectivity index (χ4n) is 2.86. The molecular formula is C21H24N4O4S2. The third-order valence-electron chi connectivity index (χ3n) is 4.32. The van der Waals surface area contributed by atoms with Crippen LogP contribution in [0.2, 0.25) is 0 Å². The summed E-state index contributed by atoms with van der Waals surface area (Å²) in [6.07, 6.45) is 1.86. The number of benzene rings is 1. The maximum absolute atomic E-state index is 12.9. The highest BCUT2D eigenvalue weighted by molar-refractivity contribution is 7.99. The Labute approximate surface area is 188 Å². The Morgan fingerprint density at radius 1 is 1.23 bits per heavy atom. The summed E-state index contributed by atoms with van der Waals surface area (Å²) < 4.78 is 6.55. The van der Waals surface area contributed by atoms with Crippen molar-refractivity contribution in [2.75, 3.05) is 17.7 Å². The van der Waals surface area contributed by atoms with E-state index < -0.39 is 0 Å². The first-order valence-corrected chi connectivity index (χ1v) is 11.9. The Morgan fingerprint density at radius 2 is 2.03 bits per heavy atom. The van der Waals surface area contributed by atoms with E-state index in [1.165, 1.54) is 23.1 Å². The molecule has 0 saturated carbocycles. The number of aromatic nitrogens is 3. The first-order chi connectivity index (χ1) is 15.0. The van der Waals surface area contributed by atoms with Gasteiger partial charge in [-0.2, -0.15) is 0 Å². The fraction of sp³-hybridized carbons (Fsp3) is 0.381. The summed E-state index contributed by atoms with van der Waals surface area (Å²) in [7, 11) is 0. The largest absolute Gasteiger partial charge is 0.466 e. The van der Waals surface area contributed by atoms with Crippen molar-refractivity contribution in [3.05, 3.63) is 45.7 Å². The van der Waals surface area contributed by atoms with Crippen LogP contribution in [0.25, 0.3) is 10.9 Å². The van der Waals surface area contributed by atoms with E-state index in [2.05, 4.69) is 22.2 Å². The molecule has 0 atom stereocenters. The van der Waals surface area contributed by atoms with E-state index in [9.17, 15) is 14.4 Å². The molecule has 164 valence electrons. The number of nitrogens with zero attached hydrogens (tertiary/aromatic N) is 3. The van der Waals surface area contributed by atoms with Crippen LogP contribution in [0, 0.1) is 0 Å². The molecule has 2 aromatic heterocycles. The van der Waals surface area contributed by atoms with Gasteiger partial charge in [0.15, 0.2) is 10.3 Å². The molecule has 1 N–H and O–H groups in total. The lowest BCUT2D eigenvalue weighted by Gasteiger charge is -2.12. The smallest absolute Gasteiger partial charge is 0.311 e. The summed E-state index contributed by atoms with van der Waals surface area (Å²) in [5, 5.41) is 5.96. The molecular weight excluding hydrogens is 436 g/mol. The minimum Gasteiger partial charge on any atom is -0.466 e. The van der Waals surface area contributed by atoms with E-state index in [4.69, 9.17) is 4.74 Å². The number of esters is 1. The highest BCUT2D eigenvalue weighted by Crippen LogP contribution is 2.20. The molecule has 3 rings (SSSR count). The quantitative estimate of drug-likeness (QED) is 0.281. The molecule has 0 bridgehead atoms. The normalized spacial score (nSPS) is 10.9. The van der Waals surface area contributed by atoms with Crippen LogP contribution in [-0.4, -0.2) is 38.8 Å². The third-order valence-corrected chi connectivity index (χ3v) is 6.11. The van der Waals surface area contributed by atoms with Crippen LogP contribution in [0.5, 0.6) is 0 Å². The van der Waals surface area contributed by atoms with Gasteiger partial charge in [-0.3, -0.25) is 19.0 Å². The molecule has 0 aliphatic rings. The summed E-state index contributed by atoms with van der Waals surface area (Å²) in [6, 6.07) is 7.22. The average molecular weight is 461 g/mol. The van der Waals surface area contributed by atoms with Crippen molar-refractivity contribution < 1.29 is 14.3 Å². The number of amides is 1. The van der Waals surface area contributed by atoms with Crippen molar-refractivity contribution in [3.8, 4) is 0 Å². The molecule has 8 nitrogen and oxygen atoms in total. The van der Waals surface area contributed by atoms with Gasteiger partial charge in [0.25, 0.3) is 5.56 Å². The standard InChI is InChI=1S/C21H24N4O4S2/c1-3-5-10-25-19(28)15-8-6-7-9-16(15)23-21(25)31-13-17(26)24-20-22-14(12-30-20)11-18(27)29-4-2/h6-9,12H,3-5,10-11,13H2,1-2H3,(H,22,24,26). The number of carbonyl (C=O) groups is 2. The van der Waals surface area contributed by atoms with Gasteiger partial charge in [-0.25, -0.2) is 9.97 Å². The van der Waals surface area contributed by atoms with Crippen LogP contribution in [0.4, 0.5) is 5.13 Å². The van der Waals surface area contributed by atoms with Crippen molar-refractivity contribution in [2.24, 2.45) is 0 Å². The van der Waals surface area contributed by atoms with Crippen molar-refractivity contribution in [2.45, 2.75) is 44.8 Å². The van der Waals surface area contributed by atoms with Crippen LogP contribution in [0.15, 0.2) is 39.6 Å². The lowest BCUT2D eigenvalue weighted by atomic mass is 10.2. The Kier molecular flexibility index (Phi) is 8.19. The Balaban J connectivity index is 1.68. The van der Waals surface area contributed by atoms with Gasteiger partial charge < -0.3 is 10.1 Å². The van der Waals surface area contributed by atoms with Gasteiger partial charge in [-0.1, -0.05) is 37.2 Å². The number of para-hydroxylation sites is 1. The zero-order valence-corrected chi connectivity index (χ0v) is 19.1. The maximum Gasteiger partial charge on any atom is 0.311 e. The summed E-state index contributed by atoms with van der Waals surface area (Å²) in [5.74, 6) is -0.524. The second-order valence-electron chi connectivity index (χ2n) is 6.68. The highest BCUT2D eigenvalue weighted by Gasteiger charge is 2.14. The Hall–Kier alpha value is -2.72. The number of thiazole rings is 1. The summed E-state index contributed by atoms with van der Waals surface area (Å²) >= 11 is 2.47. The van der Waals surface area contributed by atoms with Gasteiger partial charge in [0.1, 0.15) is 0 Å². The van der Waals surface area contributed by atoms with E-state index in [1.54, 1.807) is 29.0 Å². The summed E-state index contributed by atoms with van der Waals surface area (Å²) in [4.78, 5) is 45.7. The van der Waals surface area contributed by atoms with E-state index in [0.717, 1.165) is 12.8 Å². The molecule has 0 saturated heterocycles. The summed E-state index contributed by atoms with van der Waals surface area (Å²) in [6.45, 7) is 4.68. The number of hydrogen-bond donors (Lipinski definition) is 1. The van der Waals surface area contributed by atoms with Crippen molar-refractivity contribution in [1.29, 1.82) is 0 Å². The van der Waals surface area contributed by atoms with Crippen LogP contribution in [-0.2, 0) is 27.3 Å². The first kappa shape index (κ1) is 23.0. The number of nitrogens with one attached hydrogen (secondary N) is 1. The minimum atomic E-state index is -0.353. The van der Waals surface area contributed by atoms with Crippen LogP contribution >= 0.6 is 23.1 Å². The van der Waals surface area contributed by atoms with E-state index in [0.29, 0.717) is 40.0 Å². The number of unbranched alkanes of at least 4 members (excludes halogenated alkanes) is 1. The van der Waals surface area contributed by atoms with Gasteiger partial charge >= 0.3 is 5.97 Å². The van der Waals surface area contributed by atoms with Crippen LogP contribution in [0.3, 0.4) is 0 Å². The zero-order valence-electron chi connectivity index (χ0n) is 17.4. The Bertz CT molecular complexity index is 1130. The molecule has 31 heavy (non-hydrogen) atoms. The number of thioether (sulfide) groups is 1. The number of fused-ring (bicyclic) bond motifs is 1. The number of rotatable bonds is 10. The van der Waals surface area contributed by atoms with Crippen molar-refractivity contribution in [3.63, 3.8) is 0 Å². The molecule has 0 spiro atoms. The van der Waals surface area contributed by atoms with Gasteiger partial charge in [0.05, 0.1) is 35.4 Å². The summed E-state index contributed by atoms with van der Waals surface area (Å²) in [5.41, 5.74) is 1.08. The first-order valence-electron chi connectivity index (χ1n) is 10.0. The minimum absolute atomic E-state index is 0.0691.